The van der Waals surface area contributed by atoms with Gasteiger partial charge in [0.25, 0.3) is 0 Å². The minimum atomic E-state index is -1.34. The summed E-state index contributed by atoms with van der Waals surface area (Å²) in [7, 11) is 0. The van der Waals surface area contributed by atoms with Crippen molar-refractivity contribution in [3.8, 4) is 0 Å². The second kappa shape index (κ2) is 7.76. The molecule has 2 aliphatic carbocycles. The Morgan fingerprint density at radius 2 is 1.58 bits per heavy atom. The lowest BCUT2D eigenvalue weighted by Crippen LogP contribution is -2.15. The van der Waals surface area contributed by atoms with E-state index in [1.54, 1.807) is 0 Å². The molecule has 0 nitrogen and oxygen atoms in total. The van der Waals surface area contributed by atoms with Crippen LogP contribution in [0, 0.1) is 29.3 Å². The highest BCUT2D eigenvalue weighted by molar-refractivity contribution is 5.60. The van der Waals surface area contributed by atoms with Gasteiger partial charge in [0.1, 0.15) is 0 Å². The van der Waals surface area contributed by atoms with E-state index in [0.717, 1.165) is 30.7 Å². The molecule has 1 aromatic carbocycles. The summed E-state index contributed by atoms with van der Waals surface area (Å²) in [5, 5.41) is 0. The van der Waals surface area contributed by atoms with Crippen LogP contribution >= 0.6 is 0 Å². The molecule has 0 atom stereocenters. The summed E-state index contributed by atoms with van der Waals surface area (Å²) in [6.45, 7) is 2.26. The highest BCUT2D eigenvalue weighted by atomic mass is 19.2. The van der Waals surface area contributed by atoms with Crippen LogP contribution in [0.25, 0.3) is 6.08 Å². The smallest absolute Gasteiger partial charge is 0.194 e. The van der Waals surface area contributed by atoms with Crippen LogP contribution in [-0.4, -0.2) is 0 Å². The van der Waals surface area contributed by atoms with Crippen molar-refractivity contribution in [3.63, 3.8) is 0 Å². The van der Waals surface area contributed by atoms with Crippen molar-refractivity contribution in [1.82, 2.24) is 0 Å². The summed E-state index contributed by atoms with van der Waals surface area (Å²) < 4.78 is 40.6. The summed E-state index contributed by atoms with van der Waals surface area (Å²) in [6, 6.07) is 1.14. The standard InChI is InChI=1S/C21H27F3/c1-2-3-14-4-6-15(7-5-14)8-9-16-10-11-18-17(12-16)13-19(22)21(24)20(18)23/h12-15H,2-11H2,1H3. The van der Waals surface area contributed by atoms with Crippen LogP contribution in [0.2, 0.25) is 0 Å². The molecule has 1 fully saturated rings. The van der Waals surface area contributed by atoms with Gasteiger partial charge in [-0.3, -0.25) is 0 Å². The fourth-order valence-electron chi connectivity index (χ4n) is 4.42. The molecule has 0 spiro atoms. The third kappa shape index (κ3) is 3.87. The number of rotatable bonds is 5. The van der Waals surface area contributed by atoms with E-state index in [-0.39, 0.29) is 0 Å². The predicted molar refractivity (Wildman–Crippen MR) is 92.2 cm³/mol. The van der Waals surface area contributed by atoms with E-state index in [0.29, 0.717) is 17.5 Å². The Labute approximate surface area is 143 Å². The van der Waals surface area contributed by atoms with Gasteiger partial charge < -0.3 is 0 Å². The molecule has 0 unspecified atom stereocenters. The number of benzene rings is 1. The first-order chi connectivity index (χ1) is 11.6. The molecular weight excluding hydrogens is 309 g/mol. The van der Waals surface area contributed by atoms with E-state index in [1.165, 1.54) is 50.5 Å². The normalized spacial score (nSPS) is 23.8. The van der Waals surface area contributed by atoms with E-state index in [4.69, 9.17) is 0 Å². The van der Waals surface area contributed by atoms with Gasteiger partial charge in [-0.2, -0.15) is 0 Å². The highest BCUT2D eigenvalue weighted by Gasteiger charge is 2.23. The highest BCUT2D eigenvalue weighted by Crippen LogP contribution is 2.36. The van der Waals surface area contributed by atoms with Crippen molar-refractivity contribution >= 4 is 6.08 Å². The first-order valence-electron chi connectivity index (χ1n) is 9.44. The zero-order valence-electron chi connectivity index (χ0n) is 14.5. The van der Waals surface area contributed by atoms with Crippen LogP contribution in [0.15, 0.2) is 11.6 Å². The summed E-state index contributed by atoms with van der Waals surface area (Å²) in [6.07, 6.45) is 13.3. The van der Waals surface area contributed by atoms with Crippen LogP contribution < -0.4 is 0 Å². The Kier molecular flexibility index (Phi) is 5.68. The molecule has 1 saturated carbocycles. The fraction of sp³-hybridized carbons (Fsp3) is 0.619. The molecule has 0 aliphatic heterocycles. The van der Waals surface area contributed by atoms with Crippen LogP contribution in [-0.2, 0) is 6.42 Å². The van der Waals surface area contributed by atoms with E-state index in [9.17, 15) is 13.2 Å². The molecule has 0 saturated heterocycles. The molecule has 0 amide bonds. The quantitative estimate of drug-likeness (QED) is 0.517. The minimum absolute atomic E-state index is 0.331. The van der Waals surface area contributed by atoms with Crippen molar-refractivity contribution in [2.45, 2.75) is 71.1 Å². The Hall–Kier alpha value is -1.25. The molecule has 0 radical (unpaired) electrons. The second-order valence-electron chi connectivity index (χ2n) is 7.57. The molecule has 0 heterocycles. The Morgan fingerprint density at radius 1 is 0.917 bits per heavy atom. The molecule has 0 N–H and O–H groups in total. The summed E-state index contributed by atoms with van der Waals surface area (Å²) in [5.41, 5.74) is 2.11. The van der Waals surface area contributed by atoms with E-state index >= 15 is 0 Å². The predicted octanol–water partition coefficient (Wildman–Crippen LogP) is 6.82. The number of halogens is 3. The molecule has 3 rings (SSSR count). The van der Waals surface area contributed by atoms with Crippen LogP contribution in [0.1, 0.15) is 75.8 Å². The van der Waals surface area contributed by atoms with Gasteiger partial charge >= 0.3 is 0 Å². The van der Waals surface area contributed by atoms with Gasteiger partial charge in [0.15, 0.2) is 17.5 Å². The van der Waals surface area contributed by atoms with Crippen LogP contribution in [0.3, 0.4) is 0 Å². The molecule has 24 heavy (non-hydrogen) atoms. The average Bonchev–Trinajstić information content (AvgIpc) is 2.59. The van der Waals surface area contributed by atoms with Crippen molar-refractivity contribution in [3.05, 3.63) is 40.2 Å². The molecule has 0 bridgehead atoms. The number of allylic oxidation sites excluding steroid dienone is 1. The van der Waals surface area contributed by atoms with E-state index < -0.39 is 17.5 Å². The zero-order valence-corrected chi connectivity index (χ0v) is 14.5. The number of hydrogen-bond donors (Lipinski definition) is 0. The Morgan fingerprint density at radius 3 is 2.25 bits per heavy atom. The lowest BCUT2D eigenvalue weighted by Gasteiger charge is -2.29. The maximum Gasteiger partial charge on any atom is 0.194 e. The number of hydrogen-bond acceptors (Lipinski definition) is 0. The third-order valence-electron chi connectivity index (χ3n) is 5.89. The van der Waals surface area contributed by atoms with Crippen molar-refractivity contribution in [1.29, 1.82) is 0 Å². The Bertz CT molecular complexity index is 610. The topological polar surface area (TPSA) is 0 Å². The van der Waals surface area contributed by atoms with Crippen molar-refractivity contribution in [2.75, 3.05) is 0 Å². The Balaban J connectivity index is 1.58. The summed E-state index contributed by atoms with van der Waals surface area (Å²) in [5.74, 6) is -1.71. The van der Waals surface area contributed by atoms with Gasteiger partial charge in [-0.1, -0.05) is 57.1 Å². The monoisotopic (exact) mass is 336 g/mol. The maximum atomic E-state index is 13.8. The van der Waals surface area contributed by atoms with Crippen molar-refractivity contribution < 1.29 is 13.2 Å². The third-order valence-corrected chi connectivity index (χ3v) is 5.89. The molecule has 132 valence electrons. The van der Waals surface area contributed by atoms with E-state index in [2.05, 4.69) is 6.92 Å². The lowest BCUT2D eigenvalue weighted by molar-refractivity contribution is 0.252. The van der Waals surface area contributed by atoms with Gasteiger partial charge in [0, 0.05) is 0 Å². The van der Waals surface area contributed by atoms with Gasteiger partial charge in [-0.25, -0.2) is 13.2 Å². The second-order valence-corrected chi connectivity index (χ2v) is 7.57. The van der Waals surface area contributed by atoms with Crippen LogP contribution in [0.4, 0.5) is 13.2 Å². The molecular formula is C21H27F3. The van der Waals surface area contributed by atoms with Crippen molar-refractivity contribution in [2.24, 2.45) is 11.8 Å². The SMILES string of the molecule is CCCC1CCC(CCC2=Cc3cc(F)c(F)c(F)c3CC2)CC1. The largest absolute Gasteiger partial charge is 0.204 e. The van der Waals surface area contributed by atoms with Crippen LogP contribution in [0.5, 0.6) is 0 Å². The van der Waals surface area contributed by atoms with E-state index in [1.807, 2.05) is 6.08 Å². The number of fused-ring (bicyclic) bond motifs is 1. The van der Waals surface area contributed by atoms with Gasteiger partial charge in [0.2, 0.25) is 0 Å². The van der Waals surface area contributed by atoms with Gasteiger partial charge in [0.05, 0.1) is 0 Å². The molecule has 3 heteroatoms. The summed E-state index contributed by atoms with van der Waals surface area (Å²) >= 11 is 0. The average molecular weight is 336 g/mol. The van der Waals surface area contributed by atoms with Gasteiger partial charge in [-0.15, -0.1) is 0 Å². The molecule has 2 aliphatic rings. The first-order valence-corrected chi connectivity index (χ1v) is 9.44. The lowest BCUT2D eigenvalue weighted by atomic mass is 9.77. The van der Waals surface area contributed by atoms with Gasteiger partial charge in [-0.05, 0) is 54.7 Å². The minimum Gasteiger partial charge on any atom is -0.204 e. The fourth-order valence-corrected chi connectivity index (χ4v) is 4.42. The maximum absolute atomic E-state index is 13.8. The zero-order chi connectivity index (χ0) is 17.1. The molecule has 1 aromatic rings. The molecule has 0 aromatic heterocycles. The summed E-state index contributed by atoms with van der Waals surface area (Å²) in [4.78, 5) is 0. The first kappa shape index (κ1) is 17.6.